The van der Waals surface area contributed by atoms with E-state index in [4.69, 9.17) is 0 Å². The Morgan fingerprint density at radius 2 is 1.09 bits per heavy atom. The summed E-state index contributed by atoms with van der Waals surface area (Å²) in [5, 5.41) is 0. The van der Waals surface area contributed by atoms with Gasteiger partial charge in [0.05, 0.1) is 12.9 Å². The molecule has 136 valence electrons. The number of hydrogen-bond donors (Lipinski definition) is 0. The van der Waals surface area contributed by atoms with Crippen LogP contribution in [-0.2, 0) is 0 Å². The number of unbranched alkanes of at least 4 members (excludes halogenated alkanes) is 15. The quantitative estimate of drug-likeness (QED) is 0.276. The second-order valence-corrected chi connectivity index (χ2v) is 7.36. The molecule has 0 amide bonds. The van der Waals surface area contributed by atoms with Crippen molar-refractivity contribution in [2.24, 2.45) is 4.99 Å². The molecule has 0 radical (unpaired) electrons. The highest BCUT2D eigenvalue weighted by Gasteiger charge is 2.03. The van der Waals surface area contributed by atoms with Crippen LogP contribution in [0.5, 0.6) is 0 Å². The zero-order valence-electron chi connectivity index (χ0n) is 15.9. The smallest absolute Gasteiger partial charge is 0.0851 e. The van der Waals surface area contributed by atoms with Crippen molar-refractivity contribution in [3.05, 3.63) is 0 Å². The van der Waals surface area contributed by atoms with E-state index in [-0.39, 0.29) is 0 Å². The van der Waals surface area contributed by atoms with Gasteiger partial charge in [0.2, 0.25) is 0 Å². The van der Waals surface area contributed by atoms with Gasteiger partial charge in [-0.2, -0.15) is 0 Å². The van der Waals surface area contributed by atoms with E-state index < -0.39 is 0 Å². The molecule has 1 heterocycles. The molecule has 23 heavy (non-hydrogen) atoms. The molecular weight excluding hydrogens is 280 g/mol. The number of hydrogen-bond acceptors (Lipinski definition) is 2. The van der Waals surface area contributed by atoms with Crippen LogP contribution in [0.25, 0.3) is 0 Å². The molecule has 2 nitrogen and oxygen atoms in total. The summed E-state index contributed by atoms with van der Waals surface area (Å²) in [6.07, 6.45) is 25.2. The van der Waals surface area contributed by atoms with Crippen LogP contribution >= 0.6 is 0 Å². The van der Waals surface area contributed by atoms with Gasteiger partial charge in [0.15, 0.2) is 0 Å². The Balaban J connectivity index is 1.64. The van der Waals surface area contributed by atoms with Gasteiger partial charge in [0.1, 0.15) is 0 Å². The Bertz CT molecular complexity index is 263. The highest BCUT2D eigenvalue weighted by atomic mass is 15.2. The van der Waals surface area contributed by atoms with Crippen molar-refractivity contribution in [1.82, 2.24) is 4.90 Å². The van der Waals surface area contributed by atoms with Gasteiger partial charge in [-0.05, 0) is 6.42 Å². The minimum atomic E-state index is 1.01. The lowest BCUT2D eigenvalue weighted by atomic mass is 10.0. The normalized spacial score (nSPS) is 14.0. The minimum Gasteiger partial charge on any atom is -0.361 e. The Kier molecular flexibility index (Phi) is 14.6. The monoisotopic (exact) mass is 322 g/mol. The van der Waals surface area contributed by atoms with Gasteiger partial charge >= 0.3 is 0 Å². The summed E-state index contributed by atoms with van der Waals surface area (Å²) < 4.78 is 0. The molecule has 0 aliphatic carbocycles. The summed E-state index contributed by atoms with van der Waals surface area (Å²) in [6, 6.07) is 0. The van der Waals surface area contributed by atoms with Crippen molar-refractivity contribution >= 4 is 6.34 Å². The molecule has 0 spiro atoms. The molecule has 0 saturated carbocycles. The number of rotatable bonds is 17. The first-order chi connectivity index (χ1) is 11.4. The zero-order valence-corrected chi connectivity index (χ0v) is 15.9. The fourth-order valence-corrected chi connectivity index (χ4v) is 3.45. The maximum Gasteiger partial charge on any atom is 0.0851 e. The molecular formula is C21H42N2. The third kappa shape index (κ3) is 13.6. The summed E-state index contributed by atoms with van der Waals surface area (Å²) in [5.41, 5.74) is 0. The number of nitrogens with zero attached hydrogens (tertiary/aromatic N) is 2. The van der Waals surface area contributed by atoms with Gasteiger partial charge in [0.25, 0.3) is 0 Å². The second kappa shape index (κ2) is 16.3. The lowest BCUT2D eigenvalue weighted by Gasteiger charge is -2.12. The van der Waals surface area contributed by atoms with Crippen molar-refractivity contribution in [3.63, 3.8) is 0 Å². The fourth-order valence-electron chi connectivity index (χ4n) is 3.45. The standard InChI is InChI=1S/C21H42N2/c1-2-3-4-5-6-7-8-9-10-11-12-13-14-15-16-17-19-23-20-18-22-21-23/h21H,2-20H2,1H3. The maximum absolute atomic E-state index is 4.26. The third-order valence-corrected chi connectivity index (χ3v) is 5.06. The Morgan fingerprint density at radius 1 is 0.652 bits per heavy atom. The molecule has 0 atom stereocenters. The lowest BCUT2D eigenvalue weighted by Crippen LogP contribution is -2.20. The molecule has 0 saturated heterocycles. The summed E-state index contributed by atoms with van der Waals surface area (Å²) in [7, 11) is 0. The maximum atomic E-state index is 4.26. The first-order valence-electron chi connectivity index (χ1n) is 10.7. The molecule has 2 heteroatoms. The molecule has 0 aromatic heterocycles. The van der Waals surface area contributed by atoms with E-state index in [1.807, 2.05) is 6.34 Å². The van der Waals surface area contributed by atoms with Crippen LogP contribution in [0, 0.1) is 0 Å². The summed E-state index contributed by atoms with van der Waals surface area (Å²) in [6.45, 7) is 5.68. The van der Waals surface area contributed by atoms with E-state index in [0.29, 0.717) is 0 Å². The van der Waals surface area contributed by atoms with E-state index >= 15 is 0 Å². The van der Waals surface area contributed by atoms with Crippen LogP contribution in [-0.4, -0.2) is 30.9 Å². The van der Waals surface area contributed by atoms with Gasteiger partial charge in [-0.25, -0.2) is 0 Å². The molecule has 0 fully saturated rings. The zero-order chi connectivity index (χ0) is 16.4. The van der Waals surface area contributed by atoms with Crippen LogP contribution in [0.4, 0.5) is 0 Å². The Labute approximate surface area is 146 Å². The topological polar surface area (TPSA) is 15.6 Å². The van der Waals surface area contributed by atoms with Crippen molar-refractivity contribution in [1.29, 1.82) is 0 Å². The largest absolute Gasteiger partial charge is 0.361 e. The van der Waals surface area contributed by atoms with Crippen molar-refractivity contribution in [2.45, 2.75) is 110 Å². The van der Waals surface area contributed by atoms with E-state index in [1.165, 1.54) is 109 Å². The van der Waals surface area contributed by atoms with Gasteiger partial charge < -0.3 is 4.90 Å². The van der Waals surface area contributed by atoms with E-state index in [0.717, 1.165) is 13.1 Å². The fraction of sp³-hybridized carbons (Fsp3) is 0.952. The van der Waals surface area contributed by atoms with Gasteiger partial charge in [0, 0.05) is 13.1 Å². The molecule has 0 unspecified atom stereocenters. The second-order valence-electron chi connectivity index (χ2n) is 7.36. The van der Waals surface area contributed by atoms with Crippen LogP contribution in [0.2, 0.25) is 0 Å². The van der Waals surface area contributed by atoms with Crippen molar-refractivity contribution in [2.75, 3.05) is 19.6 Å². The lowest BCUT2D eigenvalue weighted by molar-refractivity contribution is 0.438. The van der Waals surface area contributed by atoms with Gasteiger partial charge in [-0.1, -0.05) is 103 Å². The molecule has 0 bridgehead atoms. The molecule has 0 N–H and O–H groups in total. The van der Waals surface area contributed by atoms with Crippen LogP contribution < -0.4 is 0 Å². The Hall–Kier alpha value is -0.530. The van der Waals surface area contributed by atoms with E-state index in [1.54, 1.807) is 0 Å². The molecule has 1 aliphatic rings. The summed E-state index contributed by atoms with van der Waals surface area (Å²) >= 11 is 0. The highest BCUT2D eigenvalue weighted by molar-refractivity contribution is 5.56. The van der Waals surface area contributed by atoms with Crippen LogP contribution in [0.15, 0.2) is 4.99 Å². The van der Waals surface area contributed by atoms with Crippen molar-refractivity contribution in [3.8, 4) is 0 Å². The van der Waals surface area contributed by atoms with Crippen molar-refractivity contribution < 1.29 is 0 Å². The first kappa shape index (κ1) is 20.5. The first-order valence-corrected chi connectivity index (χ1v) is 10.7. The van der Waals surface area contributed by atoms with E-state index in [2.05, 4.69) is 16.8 Å². The van der Waals surface area contributed by atoms with Crippen LogP contribution in [0.3, 0.4) is 0 Å². The molecule has 0 aromatic carbocycles. The third-order valence-electron chi connectivity index (χ3n) is 5.06. The summed E-state index contributed by atoms with van der Waals surface area (Å²) in [5.74, 6) is 0. The molecule has 1 rings (SSSR count). The average Bonchev–Trinajstić information content (AvgIpc) is 3.08. The molecule has 0 aromatic rings. The predicted octanol–water partition coefficient (Wildman–Crippen LogP) is 6.59. The van der Waals surface area contributed by atoms with E-state index in [9.17, 15) is 0 Å². The minimum absolute atomic E-state index is 1.01. The highest BCUT2D eigenvalue weighted by Crippen LogP contribution is 2.13. The number of aliphatic imine (C=N–C) groups is 1. The predicted molar refractivity (Wildman–Crippen MR) is 104 cm³/mol. The average molecular weight is 323 g/mol. The van der Waals surface area contributed by atoms with Gasteiger partial charge in [-0.3, -0.25) is 4.99 Å². The summed E-state index contributed by atoms with van der Waals surface area (Å²) in [4.78, 5) is 6.62. The Morgan fingerprint density at radius 3 is 1.48 bits per heavy atom. The van der Waals surface area contributed by atoms with Gasteiger partial charge in [-0.15, -0.1) is 0 Å². The van der Waals surface area contributed by atoms with Crippen LogP contribution in [0.1, 0.15) is 110 Å². The SMILES string of the molecule is CCCCCCCCCCCCCCCCCCN1C=NCC1. The molecule has 1 aliphatic heterocycles.